The van der Waals surface area contributed by atoms with E-state index in [0.717, 1.165) is 0 Å². The van der Waals surface area contributed by atoms with Crippen LogP contribution in [0, 0.1) is 11.8 Å². The monoisotopic (exact) mass is 762 g/mol. The number of nitrogens with zero attached hydrogens (tertiary/aromatic N) is 5. The molecule has 0 aliphatic carbocycles. The van der Waals surface area contributed by atoms with Crippen LogP contribution in [-0.4, -0.2) is 111 Å². The van der Waals surface area contributed by atoms with E-state index in [4.69, 9.17) is 14.2 Å². The Kier molecular flexibility index (Phi) is 10.1. The second kappa shape index (κ2) is 14.7. The first kappa shape index (κ1) is 35.0. The second-order valence-electron chi connectivity index (χ2n) is 13.1. The van der Waals surface area contributed by atoms with E-state index in [9.17, 15) is 24.3 Å². The molecule has 5 bridgehead atoms. The van der Waals surface area contributed by atoms with Crippen molar-refractivity contribution in [2.45, 2.75) is 55.8 Å². The van der Waals surface area contributed by atoms with E-state index in [0.29, 0.717) is 27.5 Å². The molecule has 7 atom stereocenters. The summed E-state index contributed by atoms with van der Waals surface area (Å²) >= 11 is 3.59. The number of amides is 3. The molecule has 4 aliphatic rings. The highest BCUT2D eigenvalue weighted by Crippen LogP contribution is 2.59. The lowest BCUT2D eigenvalue weighted by molar-refractivity contribution is -0.162. The van der Waals surface area contributed by atoms with E-state index in [1.54, 1.807) is 46.0 Å². The molecule has 2 aromatic carbocycles. The topological polar surface area (TPSA) is 165 Å². The van der Waals surface area contributed by atoms with Gasteiger partial charge in [-0.05, 0) is 36.6 Å². The number of para-hydroxylation sites is 1. The number of aliphatic hydroxyl groups is 1. The zero-order valence-corrected chi connectivity index (χ0v) is 29.6. The number of hydrogen-bond acceptors (Lipinski definition) is 10. The molecule has 3 amide bonds. The number of halogens is 1. The number of esters is 1. The molecule has 1 aromatic heterocycles. The number of nitrogens with one attached hydrogen (secondary N) is 1. The molecular weight excluding hydrogens is 724 g/mol. The number of fused-ring (bicyclic) bond motifs is 3. The van der Waals surface area contributed by atoms with Crippen LogP contribution in [0.15, 0.2) is 77.3 Å². The average molecular weight is 764 g/mol. The van der Waals surface area contributed by atoms with Crippen molar-refractivity contribution in [1.29, 1.82) is 0 Å². The van der Waals surface area contributed by atoms with Crippen molar-refractivity contribution in [1.82, 2.24) is 30.1 Å². The molecule has 2 saturated heterocycles. The summed E-state index contributed by atoms with van der Waals surface area (Å²) in [5.74, 6) is -4.05. The normalized spacial score (nSPS) is 30.4. The second-order valence-corrected chi connectivity index (χ2v) is 14.0. The van der Waals surface area contributed by atoms with Crippen LogP contribution < -0.4 is 5.32 Å². The molecule has 2 fully saturated rings. The summed E-state index contributed by atoms with van der Waals surface area (Å²) in [5.41, 5.74) is 0.500. The van der Waals surface area contributed by atoms with Crippen LogP contribution in [0.25, 0.3) is 11.0 Å². The predicted octanol–water partition coefficient (Wildman–Crippen LogP) is 2.24. The molecule has 51 heavy (non-hydrogen) atoms. The SMILES string of the molecule is COC[C@H]1NC(=O)CC/C=C\CN(Cn2nnc3ccccc32)C(=O)[C@@H]2N(CCCO)C(=O)[C@H]3[C@H](C(=O)O[C@@H]1c1ccccc1)[C@H]1O[C@@]23C=C1Br. The van der Waals surface area contributed by atoms with Gasteiger partial charge in [-0.25, -0.2) is 4.68 Å². The third-order valence-corrected chi connectivity index (χ3v) is 10.7. The summed E-state index contributed by atoms with van der Waals surface area (Å²) in [6, 6.07) is 14.5. The molecule has 3 aromatic rings. The molecule has 268 valence electrons. The van der Waals surface area contributed by atoms with Gasteiger partial charge in [-0.1, -0.05) is 75.8 Å². The number of methoxy groups -OCH3 is 1. The zero-order valence-electron chi connectivity index (χ0n) is 28.0. The molecule has 0 unspecified atom stereocenters. The number of allylic oxidation sites excluding steroid dienone is 1. The van der Waals surface area contributed by atoms with Gasteiger partial charge in [0, 0.05) is 37.7 Å². The number of aliphatic hydroxyl groups excluding tert-OH is 1. The Bertz CT molecular complexity index is 1870. The molecule has 14 nitrogen and oxygen atoms in total. The fourth-order valence-corrected chi connectivity index (χ4v) is 8.48. The van der Waals surface area contributed by atoms with Crippen molar-refractivity contribution in [3.05, 3.63) is 82.9 Å². The fourth-order valence-electron chi connectivity index (χ4n) is 7.75. The van der Waals surface area contributed by atoms with Gasteiger partial charge in [0.05, 0.1) is 24.1 Å². The van der Waals surface area contributed by atoms with E-state index in [1.807, 2.05) is 36.4 Å². The Hall–Kier alpha value is -4.44. The first-order chi connectivity index (χ1) is 24.8. The van der Waals surface area contributed by atoms with Crippen molar-refractivity contribution in [3.8, 4) is 0 Å². The number of hydrogen-bond donors (Lipinski definition) is 2. The summed E-state index contributed by atoms with van der Waals surface area (Å²) in [4.78, 5) is 60.2. The van der Waals surface area contributed by atoms with Crippen molar-refractivity contribution in [2.24, 2.45) is 11.8 Å². The summed E-state index contributed by atoms with van der Waals surface area (Å²) < 4.78 is 20.5. The Morgan fingerprint density at radius 1 is 1.04 bits per heavy atom. The highest BCUT2D eigenvalue weighted by molar-refractivity contribution is 9.11. The molecule has 2 N–H and O–H groups in total. The number of ether oxygens (including phenoxy) is 3. The molecule has 1 spiro atoms. The third kappa shape index (κ3) is 6.36. The van der Waals surface area contributed by atoms with Crippen LogP contribution in [0.3, 0.4) is 0 Å². The summed E-state index contributed by atoms with van der Waals surface area (Å²) in [7, 11) is 1.50. The third-order valence-electron chi connectivity index (χ3n) is 9.99. The van der Waals surface area contributed by atoms with Crippen molar-refractivity contribution in [2.75, 3.05) is 33.4 Å². The van der Waals surface area contributed by atoms with E-state index in [1.165, 1.54) is 12.0 Å². The van der Waals surface area contributed by atoms with E-state index < -0.39 is 59.5 Å². The summed E-state index contributed by atoms with van der Waals surface area (Å²) in [5, 5.41) is 21.3. The summed E-state index contributed by atoms with van der Waals surface area (Å²) in [6.07, 6.45) is 4.24. The predicted molar refractivity (Wildman–Crippen MR) is 185 cm³/mol. The lowest BCUT2D eigenvalue weighted by Gasteiger charge is -2.35. The van der Waals surface area contributed by atoms with Gasteiger partial charge in [-0.2, -0.15) is 0 Å². The number of aromatic nitrogens is 3. The Labute approximate surface area is 302 Å². The maximum absolute atomic E-state index is 15.0. The van der Waals surface area contributed by atoms with Gasteiger partial charge in [-0.3, -0.25) is 19.2 Å². The number of rotatable bonds is 8. The van der Waals surface area contributed by atoms with Crippen LogP contribution >= 0.6 is 15.9 Å². The van der Waals surface area contributed by atoms with E-state index in [-0.39, 0.29) is 51.7 Å². The molecule has 0 saturated carbocycles. The molecule has 15 heteroatoms. The maximum Gasteiger partial charge on any atom is 0.313 e. The fraction of sp³-hybridized carbons (Fsp3) is 0.444. The highest BCUT2D eigenvalue weighted by atomic mass is 79.9. The Morgan fingerprint density at radius 2 is 1.82 bits per heavy atom. The van der Waals surface area contributed by atoms with E-state index in [2.05, 4.69) is 31.6 Å². The van der Waals surface area contributed by atoms with Gasteiger partial charge < -0.3 is 34.4 Å². The smallest absolute Gasteiger partial charge is 0.313 e. The van der Waals surface area contributed by atoms with Crippen molar-refractivity contribution >= 4 is 50.7 Å². The van der Waals surface area contributed by atoms with Gasteiger partial charge in [0.15, 0.2) is 0 Å². The van der Waals surface area contributed by atoms with Gasteiger partial charge >= 0.3 is 5.97 Å². The largest absolute Gasteiger partial charge is 0.455 e. The van der Waals surface area contributed by atoms with Gasteiger partial charge in [0.2, 0.25) is 11.8 Å². The van der Waals surface area contributed by atoms with Gasteiger partial charge in [0.25, 0.3) is 5.91 Å². The van der Waals surface area contributed by atoms with Crippen LogP contribution in [0.1, 0.15) is 30.9 Å². The highest BCUT2D eigenvalue weighted by Gasteiger charge is 2.75. The first-order valence-electron chi connectivity index (χ1n) is 17.0. The zero-order chi connectivity index (χ0) is 35.7. The summed E-state index contributed by atoms with van der Waals surface area (Å²) in [6.45, 7) is 0.0263. The van der Waals surface area contributed by atoms with E-state index >= 15 is 0 Å². The lowest BCUT2D eigenvalue weighted by Crippen LogP contribution is -2.56. The molecule has 0 radical (unpaired) electrons. The minimum Gasteiger partial charge on any atom is -0.455 e. The number of carbonyl (C=O) groups is 4. The quantitative estimate of drug-likeness (QED) is 0.257. The van der Waals surface area contributed by atoms with Gasteiger partial charge in [-0.15, -0.1) is 5.10 Å². The van der Waals surface area contributed by atoms with Crippen molar-refractivity contribution < 1.29 is 38.5 Å². The number of cyclic esters (lactones) is 1. The minimum absolute atomic E-state index is 0.000681. The maximum atomic E-state index is 15.0. The number of likely N-dealkylation sites (tertiary alicyclic amines) is 1. The Balaban J connectivity index is 1.32. The van der Waals surface area contributed by atoms with Crippen LogP contribution in [-0.2, 0) is 40.1 Å². The molecule has 4 aliphatic heterocycles. The van der Waals surface area contributed by atoms with Crippen molar-refractivity contribution in [3.63, 3.8) is 0 Å². The minimum atomic E-state index is -1.50. The molecule has 7 rings (SSSR count). The standard InChI is InChI=1S/C36H39BrN6O8/c1-49-20-25-30(22-11-4-2-5-12-22)50-35(48)28-29-33(46)42(17-10-18-44)32(36(29)19-23(37)31(28)51-36)34(47)41(16-9-3-6-15-27(45)38-25)21-43-26-14-8-7-13-24(26)39-40-43/h2-5,7-9,11-14,19,25,28-32,44H,6,10,15-18,20-21H2,1H3,(H,38,45)/b9-3-/t25-,28+,29-,30-,31+,32+,36-/m1/s1. The Morgan fingerprint density at radius 3 is 2.61 bits per heavy atom. The lowest BCUT2D eigenvalue weighted by atomic mass is 9.74. The molecule has 5 heterocycles. The number of benzene rings is 2. The van der Waals surface area contributed by atoms with Gasteiger partial charge in [0.1, 0.15) is 42.0 Å². The number of carbonyl (C=O) groups excluding carboxylic acids is 4. The van der Waals surface area contributed by atoms with Crippen LogP contribution in [0.4, 0.5) is 0 Å². The van der Waals surface area contributed by atoms with Crippen LogP contribution in [0.2, 0.25) is 0 Å². The van der Waals surface area contributed by atoms with Crippen LogP contribution in [0.5, 0.6) is 0 Å². The average Bonchev–Trinajstić information content (AvgIpc) is 3.85. The first-order valence-corrected chi connectivity index (χ1v) is 17.8. The molecular formula is C36H39BrN6O8.